The molecule has 0 amide bonds. The molecular weight excluding hydrogens is 368 g/mol. The number of rotatable bonds is 5. The molecule has 0 N–H and O–H groups in total. The summed E-state index contributed by atoms with van der Waals surface area (Å²) in [5, 5.41) is 0. The van der Waals surface area contributed by atoms with Gasteiger partial charge in [-0.15, -0.1) is 0 Å². The van der Waals surface area contributed by atoms with Crippen molar-refractivity contribution in [1.29, 1.82) is 0 Å². The lowest BCUT2D eigenvalue weighted by Crippen LogP contribution is -2.35. The van der Waals surface area contributed by atoms with Gasteiger partial charge in [-0.25, -0.2) is 0 Å². The maximum absolute atomic E-state index is 13.1. The van der Waals surface area contributed by atoms with Gasteiger partial charge in [-0.2, -0.15) is 0 Å². The van der Waals surface area contributed by atoms with E-state index in [0.717, 1.165) is 30.4 Å². The highest BCUT2D eigenvalue weighted by Gasteiger charge is 2.39. The van der Waals surface area contributed by atoms with Crippen molar-refractivity contribution in [2.24, 2.45) is 5.41 Å². The van der Waals surface area contributed by atoms with Crippen molar-refractivity contribution in [3.8, 4) is 0 Å². The van der Waals surface area contributed by atoms with Crippen LogP contribution in [0.15, 0.2) is 91.0 Å². The highest BCUT2D eigenvalue weighted by molar-refractivity contribution is 6.00. The van der Waals surface area contributed by atoms with Gasteiger partial charge in [0.1, 0.15) is 0 Å². The first-order chi connectivity index (χ1) is 14.6. The summed E-state index contributed by atoms with van der Waals surface area (Å²) < 4.78 is 0. The first kappa shape index (κ1) is 21.7. The molecule has 0 atom stereocenters. The third-order valence-electron chi connectivity index (χ3n) is 5.89. The van der Waals surface area contributed by atoms with Crippen LogP contribution in [0.3, 0.4) is 0 Å². The molecule has 0 unspecified atom stereocenters. The normalized spacial score (nSPS) is 14.8. The largest absolute Gasteiger partial charge is 0.295 e. The second kappa shape index (κ2) is 10.7. The lowest BCUT2D eigenvalue weighted by Gasteiger charge is -2.36. The Morgan fingerprint density at radius 1 is 0.667 bits per heavy atom. The zero-order chi connectivity index (χ0) is 21.2. The van der Waals surface area contributed by atoms with Crippen molar-refractivity contribution in [2.75, 3.05) is 0 Å². The minimum Gasteiger partial charge on any atom is -0.295 e. The minimum atomic E-state index is -0.193. The molecule has 0 bridgehead atoms. The van der Waals surface area contributed by atoms with E-state index in [1.165, 1.54) is 24.8 Å². The molecule has 1 fully saturated rings. The van der Waals surface area contributed by atoms with Crippen molar-refractivity contribution in [3.63, 3.8) is 0 Å². The van der Waals surface area contributed by atoms with Crippen LogP contribution in [-0.2, 0) is 6.42 Å². The van der Waals surface area contributed by atoms with Crippen molar-refractivity contribution < 1.29 is 9.59 Å². The van der Waals surface area contributed by atoms with E-state index in [1.54, 1.807) is 6.92 Å². The fourth-order valence-corrected chi connectivity index (χ4v) is 4.27. The topological polar surface area (TPSA) is 34.1 Å². The Balaban J connectivity index is 0.000000239. The Hall–Kier alpha value is -3.00. The van der Waals surface area contributed by atoms with Crippen LogP contribution in [0.5, 0.6) is 0 Å². The van der Waals surface area contributed by atoms with Crippen LogP contribution in [0.4, 0.5) is 0 Å². The molecule has 0 aromatic heterocycles. The maximum atomic E-state index is 13.1. The third-order valence-corrected chi connectivity index (χ3v) is 5.89. The monoisotopic (exact) mass is 398 g/mol. The molecule has 3 aromatic rings. The first-order valence-corrected chi connectivity index (χ1v) is 10.8. The summed E-state index contributed by atoms with van der Waals surface area (Å²) >= 11 is 0. The van der Waals surface area contributed by atoms with Gasteiger partial charge in [0, 0.05) is 16.5 Å². The zero-order valence-electron chi connectivity index (χ0n) is 17.7. The molecule has 0 spiro atoms. The number of hydrogen-bond acceptors (Lipinski definition) is 2. The van der Waals surface area contributed by atoms with Gasteiger partial charge in [-0.1, -0.05) is 110 Å². The smallest absolute Gasteiger partial charge is 0.169 e. The van der Waals surface area contributed by atoms with Crippen LogP contribution in [0.25, 0.3) is 0 Å². The molecule has 0 radical (unpaired) electrons. The fraction of sp³-hybridized carbons (Fsp3) is 0.286. The van der Waals surface area contributed by atoms with E-state index >= 15 is 0 Å². The molecule has 0 saturated heterocycles. The Bertz CT molecular complexity index is 924. The Kier molecular flexibility index (Phi) is 7.73. The second-order valence-corrected chi connectivity index (χ2v) is 8.12. The third kappa shape index (κ3) is 5.76. The van der Waals surface area contributed by atoms with Gasteiger partial charge in [0.2, 0.25) is 0 Å². The number of ketones is 2. The standard InChI is InChI=1S/C20H22O.C8H8O/c21-19(18-12-6-2-7-13-18)20(14-8-3-9-15-20)16-17-10-4-1-5-11-17;1-7(9)8-5-3-2-4-6-8/h1-2,4-7,10-13H,3,8-9,14-16H2;2-6H,1H3. The maximum Gasteiger partial charge on any atom is 0.169 e. The molecule has 3 aromatic carbocycles. The molecule has 0 aliphatic heterocycles. The molecule has 2 heteroatoms. The van der Waals surface area contributed by atoms with E-state index < -0.39 is 0 Å². The molecule has 1 aliphatic rings. The van der Waals surface area contributed by atoms with Crippen LogP contribution >= 0.6 is 0 Å². The molecule has 1 aliphatic carbocycles. The van der Waals surface area contributed by atoms with Crippen molar-refractivity contribution in [1.82, 2.24) is 0 Å². The van der Waals surface area contributed by atoms with Gasteiger partial charge in [-0.05, 0) is 31.7 Å². The first-order valence-electron chi connectivity index (χ1n) is 10.8. The fourth-order valence-electron chi connectivity index (χ4n) is 4.27. The molecule has 2 nitrogen and oxygen atoms in total. The Morgan fingerprint density at radius 2 is 1.13 bits per heavy atom. The van der Waals surface area contributed by atoms with E-state index in [2.05, 4.69) is 24.3 Å². The summed E-state index contributed by atoms with van der Waals surface area (Å²) in [5.41, 5.74) is 2.73. The van der Waals surface area contributed by atoms with E-state index in [9.17, 15) is 9.59 Å². The summed E-state index contributed by atoms with van der Waals surface area (Å²) in [4.78, 5) is 23.8. The summed E-state index contributed by atoms with van der Waals surface area (Å²) in [7, 11) is 0. The number of hydrogen-bond donors (Lipinski definition) is 0. The van der Waals surface area contributed by atoms with Crippen LogP contribution in [-0.4, -0.2) is 11.6 Å². The average Bonchev–Trinajstić information content (AvgIpc) is 2.81. The van der Waals surface area contributed by atoms with Gasteiger partial charge in [0.25, 0.3) is 0 Å². The summed E-state index contributed by atoms with van der Waals surface area (Å²) in [6, 6.07) is 29.5. The highest BCUT2D eigenvalue weighted by atomic mass is 16.1. The van der Waals surface area contributed by atoms with Crippen LogP contribution in [0.2, 0.25) is 0 Å². The predicted octanol–water partition coefficient (Wildman–Crippen LogP) is 6.95. The quantitative estimate of drug-likeness (QED) is 0.436. The van der Waals surface area contributed by atoms with E-state index in [4.69, 9.17) is 0 Å². The van der Waals surface area contributed by atoms with Crippen LogP contribution < -0.4 is 0 Å². The highest BCUT2D eigenvalue weighted by Crippen LogP contribution is 2.42. The SMILES string of the molecule is CC(=O)c1ccccc1.O=C(c1ccccc1)C1(Cc2ccccc2)CCCCC1. The molecule has 4 rings (SSSR count). The van der Waals surface area contributed by atoms with Crippen molar-refractivity contribution >= 4 is 11.6 Å². The van der Waals surface area contributed by atoms with Gasteiger partial charge in [0.15, 0.2) is 11.6 Å². The van der Waals surface area contributed by atoms with E-state index in [-0.39, 0.29) is 11.2 Å². The predicted molar refractivity (Wildman–Crippen MR) is 123 cm³/mol. The number of Topliss-reactive ketones (excluding diaryl/α,β-unsaturated/α-hetero) is 2. The number of carbonyl (C=O) groups is 2. The lowest BCUT2D eigenvalue weighted by molar-refractivity contribution is 0.0711. The molecular formula is C28H30O2. The number of benzene rings is 3. The Labute approximate surface area is 180 Å². The van der Waals surface area contributed by atoms with E-state index in [0.29, 0.717) is 5.78 Å². The van der Waals surface area contributed by atoms with Gasteiger partial charge in [0.05, 0.1) is 0 Å². The molecule has 0 heterocycles. The molecule has 154 valence electrons. The Morgan fingerprint density at radius 3 is 1.60 bits per heavy atom. The molecule has 1 saturated carbocycles. The minimum absolute atomic E-state index is 0.121. The average molecular weight is 399 g/mol. The van der Waals surface area contributed by atoms with Gasteiger partial charge < -0.3 is 0 Å². The summed E-state index contributed by atoms with van der Waals surface area (Å²) in [5.74, 6) is 0.460. The van der Waals surface area contributed by atoms with Crippen molar-refractivity contribution in [3.05, 3.63) is 108 Å². The molecule has 30 heavy (non-hydrogen) atoms. The summed E-state index contributed by atoms with van der Waals surface area (Å²) in [6.45, 7) is 1.56. The zero-order valence-corrected chi connectivity index (χ0v) is 17.7. The lowest BCUT2D eigenvalue weighted by atomic mass is 9.66. The van der Waals surface area contributed by atoms with Crippen LogP contribution in [0, 0.1) is 5.41 Å². The van der Waals surface area contributed by atoms with E-state index in [1.807, 2.05) is 66.7 Å². The van der Waals surface area contributed by atoms with Gasteiger partial charge >= 0.3 is 0 Å². The number of carbonyl (C=O) groups excluding carboxylic acids is 2. The van der Waals surface area contributed by atoms with Crippen molar-refractivity contribution in [2.45, 2.75) is 45.4 Å². The van der Waals surface area contributed by atoms with Crippen LogP contribution in [0.1, 0.15) is 65.3 Å². The summed E-state index contributed by atoms with van der Waals surface area (Å²) in [6.07, 6.45) is 6.53. The van der Waals surface area contributed by atoms with Gasteiger partial charge in [-0.3, -0.25) is 9.59 Å². The second-order valence-electron chi connectivity index (χ2n) is 8.12.